The topological polar surface area (TPSA) is 54.2 Å². The first-order valence-electron chi connectivity index (χ1n) is 7.56. The van der Waals surface area contributed by atoms with Crippen molar-refractivity contribution in [3.05, 3.63) is 11.8 Å². The SMILES string of the molecule is CCCNCC1CCCN(Cc2nnc(CC)o2)C1. The maximum Gasteiger partial charge on any atom is 0.230 e. The fourth-order valence-corrected chi connectivity index (χ4v) is 2.63. The van der Waals surface area contributed by atoms with Crippen LogP contribution in [0.15, 0.2) is 4.42 Å². The van der Waals surface area contributed by atoms with E-state index in [0.29, 0.717) is 0 Å². The van der Waals surface area contributed by atoms with Crippen molar-refractivity contribution in [1.29, 1.82) is 0 Å². The van der Waals surface area contributed by atoms with Gasteiger partial charge in [0.05, 0.1) is 6.54 Å². The second-order valence-corrected chi connectivity index (χ2v) is 5.39. The van der Waals surface area contributed by atoms with E-state index in [2.05, 4.69) is 27.3 Å². The summed E-state index contributed by atoms with van der Waals surface area (Å²) in [6.45, 7) is 9.59. The normalized spacial score (nSPS) is 20.8. The molecule has 1 aliphatic rings. The largest absolute Gasteiger partial charge is 0.424 e. The molecule has 5 nitrogen and oxygen atoms in total. The van der Waals surface area contributed by atoms with Crippen molar-refractivity contribution in [1.82, 2.24) is 20.4 Å². The van der Waals surface area contributed by atoms with Gasteiger partial charge in [-0.15, -0.1) is 10.2 Å². The van der Waals surface area contributed by atoms with Gasteiger partial charge >= 0.3 is 0 Å². The highest BCUT2D eigenvalue weighted by Gasteiger charge is 2.21. The number of hydrogen-bond donors (Lipinski definition) is 1. The molecule has 108 valence electrons. The van der Waals surface area contributed by atoms with Crippen LogP contribution in [-0.4, -0.2) is 41.3 Å². The van der Waals surface area contributed by atoms with E-state index in [1.165, 1.54) is 19.3 Å². The Morgan fingerprint density at radius 2 is 2.16 bits per heavy atom. The third kappa shape index (κ3) is 4.58. The van der Waals surface area contributed by atoms with Crippen LogP contribution in [0.25, 0.3) is 0 Å². The van der Waals surface area contributed by atoms with Gasteiger partial charge in [-0.3, -0.25) is 4.90 Å². The lowest BCUT2D eigenvalue weighted by Gasteiger charge is -2.31. The second-order valence-electron chi connectivity index (χ2n) is 5.39. The van der Waals surface area contributed by atoms with Crippen molar-refractivity contribution < 1.29 is 4.42 Å². The zero-order chi connectivity index (χ0) is 13.5. The Morgan fingerprint density at radius 1 is 1.32 bits per heavy atom. The Hall–Kier alpha value is -0.940. The molecular weight excluding hydrogens is 240 g/mol. The van der Waals surface area contributed by atoms with Gasteiger partial charge in [-0.05, 0) is 44.8 Å². The van der Waals surface area contributed by atoms with Gasteiger partial charge in [0.1, 0.15) is 0 Å². The molecule has 0 aliphatic carbocycles. The summed E-state index contributed by atoms with van der Waals surface area (Å²) in [5, 5.41) is 11.7. The molecule has 5 heteroatoms. The molecule has 0 spiro atoms. The lowest BCUT2D eigenvalue weighted by atomic mass is 9.98. The molecule has 1 N–H and O–H groups in total. The van der Waals surface area contributed by atoms with E-state index in [4.69, 9.17) is 4.42 Å². The number of nitrogens with one attached hydrogen (secondary N) is 1. The quantitative estimate of drug-likeness (QED) is 0.763. The van der Waals surface area contributed by atoms with Crippen molar-refractivity contribution in [3.8, 4) is 0 Å². The Bertz CT molecular complexity index is 366. The molecule has 1 aromatic rings. The molecule has 1 saturated heterocycles. The third-order valence-corrected chi connectivity index (χ3v) is 3.63. The predicted octanol–water partition coefficient (Wildman–Crippen LogP) is 1.84. The Balaban J connectivity index is 1.77. The van der Waals surface area contributed by atoms with Gasteiger partial charge in [-0.1, -0.05) is 13.8 Å². The summed E-state index contributed by atoms with van der Waals surface area (Å²) >= 11 is 0. The summed E-state index contributed by atoms with van der Waals surface area (Å²) in [5.41, 5.74) is 0. The first kappa shape index (κ1) is 14.5. The fraction of sp³-hybridized carbons (Fsp3) is 0.857. The zero-order valence-corrected chi connectivity index (χ0v) is 12.2. The van der Waals surface area contributed by atoms with Crippen molar-refractivity contribution in [2.45, 2.75) is 46.1 Å². The van der Waals surface area contributed by atoms with Crippen LogP contribution in [0.5, 0.6) is 0 Å². The van der Waals surface area contributed by atoms with Crippen LogP contribution in [-0.2, 0) is 13.0 Å². The van der Waals surface area contributed by atoms with Crippen LogP contribution >= 0.6 is 0 Å². The summed E-state index contributed by atoms with van der Waals surface area (Å²) in [4.78, 5) is 2.44. The lowest BCUT2D eigenvalue weighted by Crippen LogP contribution is -2.39. The molecule has 1 fully saturated rings. The zero-order valence-electron chi connectivity index (χ0n) is 12.2. The molecule has 0 aromatic carbocycles. The summed E-state index contributed by atoms with van der Waals surface area (Å²) < 4.78 is 5.59. The maximum atomic E-state index is 5.59. The first-order chi connectivity index (χ1) is 9.31. The van der Waals surface area contributed by atoms with Crippen molar-refractivity contribution in [2.24, 2.45) is 5.92 Å². The Kier molecular flexibility index (Phi) is 5.79. The van der Waals surface area contributed by atoms with E-state index in [9.17, 15) is 0 Å². The molecule has 0 saturated carbocycles. The van der Waals surface area contributed by atoms with E-state index in [1.807, 2.05) is 6.92 Å². The molecule has 1 unspecified atom stereocenters. The first-order valence-corrected chi connectivity index (χ1v) is 7.56. The van der Waals surface area contributed by atoms with Crippen LogP contribution in [0, 0.1) is 5.92 Å². The molecule has 2 heterocycles. The number of aryl methyl sites for hydroxylation is 1. The van der Waals surface area contributed by atoms with Gasteiger partial charge in [-0.2, -0.15) is 0 Å². The highest BCUT2D eigenvalue weighted by atomic mass is 16.4. The number of likely N-dealkylation sites (tertiary alicyclic amines) is 1. The number of hydrogen-bond acceptors (Lipinski definition) is 5. The fourth-order valence-electron chi connectivity index (χ4n) is 2.63. The van der Waals surface area contributed by atoms with Crippen LogP contribution in [0.2, 0.25) is 0 Å². The second kappa shape index (κ2) is 7.60. The van der Waals surface area contributed by atoms with Gasteiger partial charge in [0.25, 0.3) is 0 Å². The molecule has 0 bridgehead atoms. The minimum Gasteiger partial charge on any atom is -0.424 e. The monoisotopic (exact) mass is 266 g/mol. The minimum atomic E-state index is 0.744. The van der Waals surface area contributed by atoms with E-state index < -0.39 is 0 Å². The highest BCUT2D eigenvalue weighted by molar-refractivity contribution is 4.83. The van der Waals surface area contributed by atoms with Crippen molar-refractivity contribution in [2.75, 3.05) is 26.2 Å². The summed E-state index contributed by atoms with van der Waals surface area (Å²) in [6, 6.07) is 0. The van der Waals surface area contributed by atoms with Crippen LogP contribution in [0.1, 0.15) is 44.9 Å². The molecule has 2 rings (SSSR count). The average molecular weight is 266 g/mol. The number of nitrogens with zero attached hydrogens (tertiary/aromatic N) is 3. The van der Waals surface area contributed by atoms with E-state index >= 15 is 0 Å². The van der Waals surface area contributed by atoms with Crippen LogP contribution in [0.4, 0.5) is 0 Å². The number of aromatic nitrogens is 2. The Labute approximate surface area is 115 Å². The lowest BCUT2D eigenvalue weighted by molar-refractivity contribution is 0.152. The number of rotatable bonds is 7. The van der Waals surface area contributed by atoms with E-state index in [0.717, 1.165) is 56.8 Å². The van der Waals surface area contributed by atoms with Crippen molar-refractivity contribution in [3.63, 3.8) is 0 Å². The van der Waals surface area contributed by atoms with Gasteiger partial charge in [-0.25, -0.2) is 0 Å². The van der Waals surface area contributed by atoms with Crippen LogP contribution < -0.4 is 5.32 Å². The molecular formula is C14H26N4O. The van der Waals surface area contributed by atoms with E-state index in [-0.39, 0.29) is 0 Å². The molecule has 0 amide bonds. The molecule has 0 radical (unpaired) electrons. The summed E-state index contributed by atoms with van der Waals surface area (Å²) in [6.07, 6.45) is 4.62. The average Bonchev–Trinajstić information content (AvgIpc) is 2.87. The maximum absolute atomic E-state index is 5.59. The van der Waals surface area contributed by atoms with Gasteiger partial charge in [0.2, 0.25) is 11.8 Å². The summed E-state index contributed by atoms with van der Waals surface area (Å²) in [5.74, 6) is 2.26. The smallest absolute Gasteiger partial charge is 0.230 e. The van der Waals surface area contributed by atoms with Crippen molar-refractivity contribution >= 4 is 0 Å². The standard InChI is InChI=1S/C14H26N4O/c1-3-7-15-9-12-6-5-8-18(10-12)11-14-17-16-13(4-2)19-14/h12,15H,3-11H2,1-2H3. The highest BCUT2D eigenvalue weighted by Crippen LogP contribution is 2.17. The van der Waals surface area contributed by atoms with Gasteiger partial charge in [0, 0.05) is 13.0 Å². The minimum absolute atomic E-state index is 0.744. The summed E-state index contributed by atoms with van der Waals surface area (Å²) in [7, 11) is 0. The van der Waals surface area contributed by atoms with Gasteiger partial charge < -0.3 is 9.73 Å². The molecule has 1 atom stereocenters. The van der Waals surface area contributed by atoms with E-state index in [1.54, 1.807) is 0 Å². The predicted molar refractivity (Wildman–Crippen MR) is 74.8 cm³/mol. The third-order valence-electron chi connectivity index (χ3n) is 3.63. The van der Waals surface area contributed by atoms with Gasteiger partial charge in [0.15, 0.2) is 0 Å². The van der Waals surface area contributed by atoms with Crippen LogP contribution in [0.3, 0.4) is 0 Å². The number of piperidine rings is 1. The molecule has 1 aliphatic heterocycles. The Morgan fingerprint density at radius 3 is 2.89 bits per heavy atom. The molecule has 19 heavy (non-hydrogen) atoms. The molecule has 1 aromatic heterocycles.